The van der Waals surface area contributed by atoms with Gasteiger partial charge in [-0.1, -0.05) is 86.6 Å². The minimum Gasteiger partial charge on any atom is -0.345 e. The molecule has 36 heavy (non-hydrogen) atoms. The molecule has 1 amide bonds. The van der Waals surface area contributed by atoms with Crippen LogP contribution < -0.4 is 10.2 Å². The fourth-order valence-electron chi connectivity index (χ4n) is 5.19. The number of benzene rings is 3. The molecule has 0 bridgehead atoms. The number of imidazole rings is 1. The molecule has 186 valence electrons. The number of hydrogen-bond donors (Lipinski definition) is 1. The third-order valence-corrected chi connectivity index (χ3v) is 7.19. The Hall–Kier alpha value is -3.60. The van der Waals surface area contributed by atoms with Crippen LogP contribution in [-0.2, 0) is 11.3 Å². The highest BCUT2D eigenvalue weighted by Crippen LogP contribution is 2.29. The van der Waals surface area contributed by atoms with Crippen molar-refractivity contribution in [3.8, 4) is 0 Å². The molecule has 3 aromatic carbocycles. The number of nitrogens with one attached hydrogen (secondary N) is 1. The van der Waals surface area contributed by atoms with Gasteiger partial charge in [0.25, 0.3) is 0 Å². The van der Waals surface area contributed by atoms with Crippen molar-refractivity contribution < 1.29 is 4.79 Å². The summed E-state index contributed by atoms with van der Waals surface area (Å²) >= 11 is 0. The van der Waals surface area contributed by atoms with Gasteiger partial charge in [-0.25, -0.2) is 4.98 Å². The van der Waals surface area contributed by atoms with Gasteiger partial charge in [-0.2, -0.15) is 0 Å². The van der Waals surface area contributed by atoms with Crippen LogP contribution in [-0.4, -0.2) is 28.5 Å². The summed E-state index contributed by atoms with van der Waals surface area (Å²) in [6.45, 7) is 7.07. The molecule has 2 heterocycles. The van der Waals surface area contributed by atoms with E-state index in [9.17, 15) is 4.79 Å². The molecule has 5 rings (SSSR count). The molecule has 1 N–H and O–H groups in total. The third-order valence-electron chi connectivity index (χ3n) is 7.19. The molecule has 1 atom stereocenters. The molecule has 0 aliphatic carbocycles. The number of piperidine rings is 1. The molecule has 4 aromatic rings. The second-order valence-electron chi connectivity index (χ2n) is 10.3. The summed E-state index contributed by atoms with van der Waals surface area (Å²) in [5.74, 6) is 1.65. The number of rotatable bonds is 8. The van der Waals surface area contributed by atoms with E-state index in [0.29, 0.717) is 12.5 Å². The second-order valence-corrected chi connectivity index (χ2v) is 10.3. The first-order valence-electron chi connectivity index (χ1n) is 13.2. The van der Waals surface area contributed by atoms with Gasteiger partial charge in [-0.15, -0.1) is 0 Å². The van der Waals surface area contributed by atoms with Gasteiger partial charge in [-0.3, -0.25) is 4.79 Å². The molecular weight excluding hydrogens is 444 g/mol. The number of hydrogen-bond acceptors (Lipinski definition) is 3. The van der Waals surface area contributed by atoms with Crippen LogP contribution in [0.5, 0.6) is 0 Å². The van der Waals surface area contributed by atoms with E-state index in [1.54, 1.807) is 0 Å². The van der Waals surface area contributed by atoms with Crippen molar-refractivity contribution in [2.75, 3.05) is 18.0 Å². The van der Waals surface area contributed by atoms with E-state index in [-0.39, 0.29) is 17.9 Å². The molecule has 5 nitrogen and oxygen atoms in total. The average molecular weight is 481 g/mol. The quantitative estimate of drug-likeness (QED) is 0.326. The van der Waals surface area contributed by atoms with Gasteiger partial charge < -0.3 is 14.8 Å². The van der Waals surface area contributed by atoms with Crippen LogP contribution in [0.3, 0.4) is 0 Å². The van der Waals surface area contributed by atoms with Crippen LogP contribution >= 0.6 is 0 Å². The number of nitrogens with zero attached hydrogens (tertiary/aromatic N) is 3. The van der Waals surface area contributed by atoms with Crippen molar-refractivity contribution in [1.29, 1.82) is 0 Å². The first-order chi connectivity index (χ1) is 17.6. The summed E-state index contributed by atoms with van der Waals surface area (Å²) in [6, 6.07) is 28.7. The van der Waals surface area contributed by atoms with Crippen LogP contribution in [0.4, 0.5) is 5.95 Å². The highest BCUT2D eigenvalue weighted by molar-refractivity contribution is 5.81. The molecule has 0 radical (unpaired) electrons. The standard InChI is InChI=1S/C31H36N4O/c1-23(2)19-21-35-28-18-10-9-17-27(28)32-31(35)34-20-11-16-26(22-34)30(36)33-29(24-12-5-3-6-13-24)25-14-7-4-8-15-25/h3-10,12-15,17-18,23,26,29H,11,16,19-22H2,1-2H3,(H,33,36). The lowest BCUT2D eigenvalue weighted by Gasteiger charge is -2.34. The Balaban J connectivity index is 1.37. The zero-order chi connectivity index (χ0) is 24.9. The fraction of sp³-hybridized carbons (Fsp3) is 0.355. The van der Waals surface area contributed by atoms with Gasteiger partial charge in [0, 0.05) is 19.6 Å². The third kappa shape index (κ3) is 5.30. The molecular formula is C31H36N4O. The van der Waals surface area contributed by atoms with E-state index in [1.807, 2.05) is 42.5 Å². The van der Waals surface area contributed by atoms with Crippen LogP contribution in [0.1, 0.15) is 50.3 Å². The highest BCUT2D eigenvalue weighted by atomic mass is 16.2. The lowest BCUT2D eigenvalue weighted by Crippen LogP contribution is -2.45. The Morgan fingerprint density at radius 3 is 2.25 bits per heavy atom. The maximum absolute atomic E-state index is 13.6. The van der Waals surface area contributed by atoms with E-state index in [0.717, 1.165) is 54.9 Å². The van der Waals surface area contributed by atoms with Crippen molar-refractivity contribution in [2.45, 2.75) is 45.7 Å². The predicted octanol–water partition coefficient (Wildman–Crippen LogP) is 6.20. The van der Waals surface area contributed by atoms with Gasteiger partial charge in [0.05, 0.1) is 23.0 Å². The van der Waals surface area contributed by atoms with Gasteiger partial charge in [-0.05, 0) is 48.4 Å². The van der Waals surface area contributed by atoms with Crippen molar-refractivity contribution in [3.05, 3.63) is 96.1 Å². The van der Waals surface area contributed by atoms with Gasteiger partial charge >= 0.3 is 0 Å². The number of carbonyl (C=O) groups is 1. The molecule has 1 fully saturated rings. The largest absolute Gasteiger partial charge is 0.345 e. The summed E-state index contributed by atoms with van der Waals surface area (Å²) in [6.07, 6.45) is 2.97. The highest BCUT2D eigenvalue weighted by Gasteiger charge is 2.30. The summed E-state index contributed by atoms with van der Waals surface area (Å²) in [5, 5.41) is 3.38. The summed E-state index contributed by atoms with van der Waals surface area (Å²) in [4.78, 5) is 21.0. The Bertz CT molecular complexity index is 1240. The van der Waals surface area contributed by atoms with E-state index in [2.05, 4.69) is 71.1 Å². The topological polar surface area (TPSA) is 50.2 Å². The number of anilines is 1. The molecule has 0 saturated carbocycles. The molecule has 1 aliphatic heterocycles. The first-order valence-corrected chi connectivity index (χ1v) is 13.2. The van der Waals surface area contributed by atoms with E-state index in [4.69, 9.17) is 4.98 Å². The Kier molecular flexibility index (Phi) is 7.36. The number of aryl methyl sites for hydroxylation is 1. The second kappa shape index (κ2) is 11.0. The number of carbonyl (C=O) groups excluding carboxylic acids is 1. The van der Waals surface area contributed by atoms with Crippen LogP contribution in [0.15, 0.2) is 84.9 Å². The van der Waals surface area contributed by atoms with Gasteiger partial charge in [0.15, 0.2) is 0 Å². The van der Waals surface area contributed by atoms with Crippen LogP contribution in [0.25, 0.3) is 11.0 Å². The SMILES string of the molecule is CC(C)CCn1c(N2CCCC(C(=O)NC(c3ccccc3)c3ccccc3)C2)nc2ccccc21. The zero-order valence-electron chi connectivity index (χ0n) is 21.3. The lowest BCUT2D eigenvalue weighted by molar-refractivity contribution is -0.125. The van der Waals surface area contributed by atoms with Gasteiger partial charge in [0.1, 0.15) is 0 Å². The average Bonchev–Trinajstić information content (AvgIpc) is 3.30. The first kappa shape index (κ1) is 24.1. The Morgan fingerprint density at radius 2 is 1.58 bits per heavy atom. The summed E-state index contributed by atoms with van der Waals surface area (Å²) in [5.41, 5.74) is 4.39. The number of amides is 1. The minimum absolute atomic E-state index is 0.0768. The number of aromatic nitrogens is 2. The van der Waals surface area contributed by atoms with E-state index < -0.39 is 0 Å². The lowest BCUT2D eigenvalue weighted by atomic mass is 9.94. The molecule has 0 spiro atoms. The normalized spacial score (nSPS) is 16.1. The van der Waals surface area contributed by atoms with Crippen molar-refractivity contribution in [1.82, 2.24) is 14.9 Å². The van der Waals surface area contributed by atoms with Crippen molar-refractivity contribution >= 4 is 22.9 Å². The summed E-state index contributed by atoms with van der Waals surface area (Å²) in [7, 11) is 0. The van der Waals surface area contributed by atoms with Crippen molar-refractivity contribution in [3.63, 3.8) is 0 Å². The molecule has 1 aliphatic rings. The number of para-hydroxylation sites is 2. The monoisotopic (exact) mass is 480 g/mol. The van der Waals surface area contributed by atoms with E-state index in [1.165, 1.54) is 5.52 Å². The predicted molar refractivity (Wildman–Crippen MR) is 147 cm³/mol. The summed E-state index contributed by atoms with van der Waals surface area (Å²) < 4.78 is 2.35. The zero-order valence-corrected chi connectivity index (χ0v) is 21.3. The smallest absolute Gasteiger partial charge is 0.225 e. The number of fused-ring (bicyclic) bond motifs is 1. The fourth-order valence-corrected chi connectivity index (χ4v) is 5.19. The van der Waals surface area contributed by atoms with E-state index >= 15 is 0 Å². The molecule has 5 heteroatoms. The molecule has 1 saturated heterocycles. The maximum atomic E-state index is 13.6. The molecule has 1 unspecified atom stereocenters. The van der Waals surface area contributed by atoms with Crippen molar-refractivity contribution in [2.24, 2.45) is 11.8 Å². The Labute approximate surface area is 214 Å². The minimum atomic E-state index is -0.161. The Morgan fingerprint density at radius 1 is 0.944 bits per heavy atom. The molecule has 1 aromatic heterocycles. The van der Waals surface area contributed by atoms with Crippen LogP contribution in [0.2, 0.25) is 0 Å². The van der Waals surface area contributed by atoms with Crippen LogP contribution in [0, 0.1) is 11.8 Å². The van der Waals surface area contributed by atoms with Gasteiger partial charge in [0.2, 0.25) is 11.9 Å². The maximum Gasteiger partial charge on any atom is 0.225 e.